The Balaban J connectivity index is 1.19. The fraction of sp³-hybridized carbons (Fsp3) is 0.667. The lowest BCUT2D eigenvalue weighted by molar-refractivity contribution is 0.0772. The van der Waals surface area contributed by atoms with Crippen LogP contribution in [0.15, 0.2) is 30.3 Å². The van der Waals surface area contributed by atoms with Crippen LogP contribution in [0.3, 0.4) is 0 Å². The highest BCUT2D eigenvalue weighted by Gasteiger charge is 2.29. The van der Waals surface area contributed by atoms with Crippen molar-refractivity contribution in [1.29, 1.82) is 0 Å². The van der Waals surface area contributed by atoms with Crippen molar-refractivity contribution in [2.75, 3.05) is 65.6 Å². The number of rotatable bonds is 5. The van der Waals surface area contributed by atoms with E-state index in [1.807, 2.05) is 35.2 Å². The second kappa shape index (κ2) is 8.51. The van der Waals surface area contributed by atoms with Gasteiger partial charge in [-0.25, -0.2) is 0 Å². The quantitative estimate of drug-likeness (QED) is 0.805. The van der Waals surface area contributed by atoms with Crippen LogP contribution in [0.5, 0.6) is 0 Å². The van der Waals surface area contributed by atoms with Crippen molar-refractivity contribution in [2.45, 2.75) is 12.8 Å². The van der Waals surface area contributed by atoms with Gasteiger partial charge in [-0.05, 0) is 36.8 Å². The average Bonchev–Trinajstić information content (AvgIpc) is 3.36. The van der Waals surface area contributed by atoms with Crippen LogP contribution in [0.1, 0.15) is 23.2 Å². The molecule has 142 valence electrons. The topological polar surface area (TPSA) is 36.0 Å². The average molecular weight is 357 g/mol. The van der Waals surface area contributed by atoms with Crippen molar-refractivity contribution in [3.63, 3.8) is 0 Å². The highest BCUT2D eigenvalue weighted by Crippen LogP contribution is 2.21. The molecule has 2 atom stereocenters. The van der Waals surface area contributed by atoms with Crippen LogP contribution in [0.4, 0.5) is 0 Å². The van der Waals surface area contributed by atoms with Crippen molar-refractivity contribution in [2.24, 2.45) is 11.8 Å². The van der Waals surface area contributed by atoms with Crippen LogP contribution in [-0.4, -0.2) is 86.2 Å². The zero-order chi connectivity index (χ0) is 17.8. The summed E-state index contributed by atoms with van der Waals surface area (Å²) < 4.78 is 5.50. The molecule has 0 bridgehead atoms. The summed E-state index contributed by atoms with van der Waals surface area (Å²) in [6.45, 7) is 10.7. The smallest absolute Gasteiger partial charge is 0.253 e. The van der Waals surface area contributed by atoms with Gasteiger partial charge in [-0.3, -0.25) is 4.79 Å². The predicted molar refractivity (Wildman–Crippen MR) is 102 cm³/mol. The van der Waals surface area contributed by atoms with Gasteiger partial charge in [0.25, 0.3) is 5.91 Å². The fourth-order valence-corrected chi connectivity index (χ4v) is 4.54. The number of carbonyl (C=O) groups excluding carboxylic acids is 1. The number of amides is 1. The monoisotopic (exact) mass is 357 g/mol. The molecule has 4 rings (SSSR count). The molecule has 0 spiro atoms. The summed E-state index contributed by atoms with van der Waals surface area (Å²) in [6.07, 6.45) is 2.37. The predicted octanol–water partition coefficient (Wildman–Crippen LogP) is 1.80. The minimum Gasteiger partial charge on any atom is -0.381 e. The summed E-state index contributed by atoms with van der Waals surface area (Å²) >= 11 is 0. The second-order valence-corrected chi connectivity index (χ2v) is 8.10. The molecule has 0 unspecified atom stereocenters. The van der Waals surface area contributed by atoms with E-state index in [1.165, 1.54) is 26.1 Å². The van der Waals surface area contributed by atoms with Crippen molar-refractivity contribution in [1.82, 2.24) is 14.7 Å². The Bertz CT molecular complexity index is 580. The van der Waals surface area contributed by atoms with E-state index in [0.29, 0.717) is 5.92 Å². The van der Waals surface area contributed by atoms with Gasteiger partial charge < -0.3 is 19.4 Å². The third-order valence-corrected chi connectivity index (χ3v) is 6.12. The number of hydrogen-bond donors (Lipinski definition) is 0. The van der Waals surface area contributed by atoms with E-state index in [1.54, 1.807) is 0 Å². The van der Waals surface area contributed by atoms with Crippen LogP contribution in [0.25, 0.3) is 0 Å². The van der Waals surface area contributed by atoms with Gasteiger partial charge in [0.05, 0.1) is 6.61 Å². The maximum atomic E-state index is 12.6. The molecule has 0 saturated carbocycles. The number of likely N-dealkylation sites (tertiary alicyclic amines) is 1. The number of ether oxygens (including phenoxy) is 1. The zero-order valence-electron chi connectivity index (χ0n) is 15.7. The molecular weight excluding hydrogens is 326 g/mol. The molecule has 3 aliphatic rings. The summed E-state index contributed by atoms with van der Waals surface area (Å²) in [6, 6.07) is 9.69. The molecule has 3 heterocycles. The van der Waals surface area contributed by atoms with Crippen molar-refractivity contribution >= 4 is 5.91 Å². The molecule has 1 aromatic rings. The molecule has 3 aliphatic heterocycles. The Kier molecular flexibility index (Phi) is 5.88. The lowest BCUT2D eigenvalue weighted by atomic mass is 10.1. The largest absolute Gasteiger partial charge is 0.381 e. The van der Waals surface area contributed by atoms with Gasteiger partial charge in [0, 0.05) is 64.5 Å². The maximum absolute atomic E-state index is 12.6. The molecule has 0 aromatic heterocycles. The molecule has 5 nitrogen and oxygen atoms in total. The van der Waals surface area contributed by atoms with E-state index in [0.717, 1.165) is 63.8 Å². The third-order valence-electron chi connectivity index (χ3n) is 6.12. The number of carbonyl (C=O) groups is 1. The van der Waals surface area contributed by atoms with Gasteiger partial charge in [-0.1, -0.05) is 18.2 Å². The van der Waals surface area contributed by atoms with E-state index in [2.05, 4.69) is 9.80 Å². The summed E-state index contributed by atoms with van der Waals surface area (Å²) in [5, 5.41) is 0. The fourth-order valence-electron chi connectivity index (χ4n) is 4.54. The van der Waals surface area contributed by atoms with E-state index in [-0.39, 0.29) is 5.91 Å². The Morgan fingerprint density at radius 2 is 1.62 bits per heavy atom. The Labute approximate surface area is 156 Å². The molecule has 26 heavy (non-hydrogen) atoms. The van der Waals surface area contributed by atoms with Crippen LogP contribution in [-0.2, 0) is 4.74 Å². The molecule has 1 amide bonds. The second-order valence-electron chi connectivity index (χ2n) is 8.10. The van der Waals surface area contributed by atoms with Gasteiger partial charge in [0.15, 0.2) is 0 Å². The molecule has 5 heteroatoms. The van der Waals surface area contributed by atoms with E-state index >= 15 is 0 Å². The van der Waals surface area contributed by atoms with Crippen molar-refractivity contribution in [3.05, 3.63) is 35.9 Å². The minimum atomic E-state index is 0.191. The van der Waals surface area contributed by atoms with Crippen LogP contribution in [0, 0.1) is 11.8 Å². The van der Waals surface area contributed by atoms with E-state index in [4.69, 9.17) is 4.74 Å². The van der Waals surface area contributed by atoms with E-state index in [9.17, 15) is 4.79 Å². The summed E-state index contributed by atoms with van der Waals surface area (Å²) in [4.78, 5) is 19.8. The van der Waals surface area contributed by atoms with Crippen molar-refractivity contribution in [3.8, 4) is 0 Å². The lowest BCUT2D eigenvalue weighted by Gasteiger charge is -2.36. The van der Waals surface area contributed by atoms with Gasteiger partial charge in [-0.15, -0.1) is 0 Å². The highest BCUT2D eigenvalue weighted by molar-refractivity contribution is 5.94. The third kappa shape index (κ3) is 4.45. The molecule has 0 aliphatic carbocycles. The molecule has 3 fully saturated rings. The summed E-state index contributed by atoms with van der Waals surface area (Å²) in [5.74, 6) is 1.56. The first-order valence-electron chi connectivity index (χ1n) is 10.1. The lowest BCUT2D eigenvalue weighted by Crippen LogP contribution is -2.49. The molecular formula is C21H31N3O2. The Morgan fingerprint density at radius 3 is 2.27 bits per heavy atom. The summed E-state index contributed by atoms with van der Waals surface area (Å²) in [7, 11) is 0. The van der Waals surface area contributed by atoms with Crippen LogP contribution >= 0.6 is 0 Å². The standard InChI is InChI=1S/C21H31N3O2/c25-21(20-4-2-1-3-5-20)24-8-6-18(16-24)14-22-9-11-23(12-10-22)15-19-7-13-26-17-19/h1-5,18-19H,6-17H2/t18-,19-/m1/s1. The van der Waals surface area contributed by atoms with Crippen LogP contribution < -0.4 is 0 Å². The van der Waals surface area contributed by atoms with Gasteiger partial charge in [0.2, 0.25) is 0 Å². The SMILES string of the molecule is O=C(c1ccccc1)N1CC[C@H](CN2CCN(C[C@H]3CCOC3)CC2)C1. The van der Waals surface area contributed by atoms with Crippen molar-refractivity contribution < 1.29 is 9.53 Å². The highest BCUT2D eigenvalue weighted by atomic mass is 16.5. The first-order chi connectivity index (χ1) is 12.8. The molecule has 3 saturated heterocycles. The zero-order valence-corrected chi connectivity index (χ0v) is 15.7. The van der Waals surface area contributed by atoms with Gasteiger partial charge in [0.1, 0.15) is 0 Å². The first kappa shape index (κ1) is 18.0. The molecule has 0 N–H and O–H groups in total. The first-order valence-corrected chi connectivity index (χ1v) is 10.1. The molecule has 1 aromatic carbocycles. The Hall–Kier alpha value is -1.43. The van der Waals surface area contributed by atoms with Crippen LogP contribution in [0.2, 0.25) is 0 Å². The van der Waals surface area contributed by atoms with E-state index < -0.39 is 0 Å². The number of piperazine rings is 1. The van der Waals surface area contributed by atoms with Gasteiger partial charge in [-0.2, -0.15) is 0 Å². The van der Waals surface area contributed by atoms with Gasteiger partial charge >= 0.3 is 0 Å². The molecule has 0 radical (unpaired) electrons. The normalized spacial score (nSPS) is 27.9. The minimum absolute atomic E-state index is 0.191. The number of nitrogens with zero attached hydrogens (tertiary/aromatic N) is 3. The maximum Gasteiger partial charge on any atom is 0.253 e. The Morgan fingerprint density at radius 1 is 0.923 bits per heavy atom. The summed E-state index contributed by atoms with van der Waals surface area (Å²) in [5.41, 5.74) is 0.817. The number of hydrogen-bond acceptors (Lipinski definition) is 4. The number of benzene rings is 1.